The summed E-state index contributed by atoms with van der Waals surface area (Å²) in [7, 11) is 0. The molecule has 2 heterocycles. The zero-order valence-corrected chi connectivity index (χ0v) is 15.5. The van der Waals surface area contributed by atoms with Gasteiger partial charge in [-0.05, 0) is 54.7 Å². The second-order valence-corrected chi connectivity index (χ2v) is 7.58. The third-order valence-electron chi connectivity index (χ3n) is 5.78. The minimum atomic E-state index is -0.361. The molecule has 0 bridgehead atoms. The molecule has 1 fully saturated rings. The van der Waals surface area contributed by atoms with Crippen molar-refractivity contribution in [3.05, 3.63) is 65.9 Å². The second-order valence-electron chi connectivity index (χ2n) is 7.58. The first-order chi connectivity index (χ1) is 13.7. The Morgan fingerprint density at radius 3 is 2.86 bits per heavy atom. The largest absolute Gasteiger partial charge is 0.324 e. The van der Waals surface area contributed by atoms with E-state index in [0.717, 1.165) is 29.4 Å². The standard InChI is InChI=1S/C23H21N3O2/c27-21-13-18(14-26(21)19-10-9-15-4-1-6-17(15)12-19)23(28)25-20-8-2-5-16-7-3-11-24-22(16)20/h2-3,5,7-12,18H,1,4,6,13-14H2,(H,25,28). The molecular weight excluding hydrogens is 350 g/mol. The van der Waals surface area contributed by atoms with Crippen LogP contribution in [0.2, 0.25) is 0 Å². The van der Waals surface area contributed by atoms with Crippen molar-refractivity contribution in [3.8, 4) is 0 Å². The molecule has 1 N–H and O–H groups in total. The molecule has 1 aliphatic heterocycles. The number of amides is 2. The number of pyridine rings is 1. The van der Waals surface area contributed by atoms with E-state index in [1.807, 2.05) is 36.4 Å². The number of hydrogen-bond acceptors (Lipinski definition) is 3. The monoisotopic (exact) mass is 371 g/mol. The van der Waals surface area contributed by atoms with Gasteiger partial charge in [-0.15, -0.1) is 0 Å². The lowest BCUT2D eigenvalue weighted by Gasteiger charge is -2.18. The maximum atomic E-state index is 12.9. The van der Waals surface area contributed by atoms with E-state index in [2.05, 4.69) is 22.4 Å². The number of hydrogen-bond donors (Lipinski definition) is 1. The Labute approximate surface area is 163 Å². The van der Waals surface area contributed by atoms with E-state index in [-0.39, 0.29) is 24.2 Å². The Balaban J connectivity index is 1.34. The number of para-hydroxylation sites is 1. The van der Waals surface area contributed by atoms with Crippen molar-refractivity contribution < 1.29 is 9.59 Å². The molecule has 2 aliphatic rings. The molecule has 1 aliphatic carbocycles. The predicted molar refractivity (Wildman–Crippen MR) is 109 cm³/mol. The molecule has 3 aromatic rings. The van der Waals surface area contributed by atoms with Gasteiger partial charge in [0.25, 0.3) is 0 Å². The number of anilines is 2. The number of fused-ring (bicyclic) bond motifs is 2. The number of rotatable bonds is 3. The molecular formula is C23H21N3O2. The fourth-order valence-corrected chi connectivity index (χ4v) is 4.30. The van der Waals surface area contributed by atoms with Gasteiger partial charge in [0.15, 0.2) is 0 Å². The molecule has 1 unspecified atom stereocenters. The van der Waals surface area contributed by atoms with Gasteiger partial charge in [0.1, 0.15) is 0 Å². The molecule has 1 atom stereocenters. The van der Waals surface area contributed by atoms with Crippen LogP contribution in [-0.4, -0.2) is 23.3 Å². The maximum absolute atomic E-state index is 12.9. The van der Waals surface area contributed by atoms with Crippen LogP contribution >= 0.6 is 0 Å². The Morgan fingerprint density at radius 1 is 1.07 bits per heavy atom. The minimum Gasteiger partial charge on any atom is -0.324 e. The van der Waals surface area contributed by atoms with Gasteiger partial charge in [-0.25, -0.2) is 0 Å². The van der Waals surface area contributed by atoms with Crippen molar-refractivity contribution in [1.82, 2.24) is 4.98 Å². The molecule has 1 aromatic heterocycles. The summed E-state index contributed by atoms with van der Waals surface area (Å²) in [6.45, 7) is 0.418. The van der Waals surface area contributed by atoms with Gasteiger partial charge in [-0.1, -0.05) is 24.3 Å². The normalized spacial score (nSPS) is 18.5. The fourth-order valence-electron chi connectivity index (χ4n) is 4.30. The highest BCUT2D eigenvalue weighted by atomic mass is 16.2. The number of aromatic nitrogens is 1. The lowest BCUT2D eigenvalue weighted by molar-refractivity contribution is -0.122. The summed E-state index contributed by atoms with van der Waals surface area (Å²) < 4.78 is 0. The minimum absolute atomic E-state index is 0.00846. The van der Waals surface area contributed by atoms with Crippen molar-refractivity contribution >= 4 is 34.1 Å². The molecule has 0 spiro atoms. The van der Waals surface area contributed by atoms with Gasteiger partial charge in [0.2, 0.25) is 11.8 Å². The van der Waals surface area contributed by atoms with Gasteiger partial charge in [-0.3, -0.25) is 14.6 Å². The van der Waals surface area contributed by atoms with Crippen LogP contribution in [0.15, 0.2) is 54.7 Å². The molecule has 0 radical (unpaired) electrons. The highest BCUT2D eigenvalue weighted by Crippen LogP contribution is 2.31. The summed E-state index contributed by atoms with van der Waals surface area (Å²) in [6.07, 6.45) is 5.32. The van der Waals surface area contributed by atoms with Crippen molar-refractivity contribution in [2.24, 2.45) is 5.92 Å². The molecule has 2 aromatic carbocycles. The van der Waals surface area contributed by atoms with Gasteiger partial charge in [-0.2, -0.15) is 0 Å². The third-order valence-corrected chi connectivity index (χ3v) is 5.78. The molecule has 0 saturated carbocycles. The number of nitrogens with zero attached hydrogens (tertiary/aromatic N) is 2. The van der Waals surface area contributed by atoms with Crippen LogP contribution in [-0.2, 0) is 22.4 Å². The summed E-state index contributed by atoms with van der Waals surface area (Å²) >= 11 is 0. The van der Waals surface area contributed by atoms with Gasteiger partial charge < -0.3 is 10.2 Å². The first kappa shape index (κ1) is 16.9. The summed E-state index contributed by atoms with van der Waals surface area (Å²) in [5.74, 6) is -0.482. The van der Waals surface area contributed by atoms with E-state index in [1.54, 1.807) is 11.1 Å². The molecule has 140 valence electrons. The topological polar surface area (TPSA) is 62.3 Å². The van der Waals surface area contributed by atoms with Crippen LogP contribution in [0.25, 0.3) is 10.9 Å². The van der Waals surface area contributed by atoms with E-state index >= 15 is 0 Å². The quantitative estimate of drug-likeness (QED) is 0.763. The van der Waals surface area contributed by atoms with Gasteiger partial charge >= 0.3 is 0 Å². The van der Waals surface area contributed by atoms with Gasteiger partial charge in [0.05, 0.1) is 17.1 Å². The molecule has 28 heavy (non-hydrogen) atoms. The van der Waals surface area contributed by atoms with Crippen molar-refractivity contribution in [3.63, 3.8) is 0 Å². The van der Waals surface area contributed by atoms with Crippen molar-refractivity contribution in [2.45, 2.75) is 25.7 Å². The van der Waals surface area contributed by atoms with Crippen LogP contribution in [0.5, 0.6) is 0 Å². The Morgan fingerprint density at radius 2 is 1.93 bits per heavy atom. The Kier molecular flexibility index (Phi) is 4.08. The zero-order valence-electron chi connectivity index (χ0n) is 15.5. The van der Waals surface area contributed by atoms with Crippen LogP contribution in [0.4, 0.5) is 11.4 Å². The SMILES string of the molecule is O=C(Nc1cccc2cccnc12)C1CC(=O)N(c2ccc3c(c2)CCC3)C1. The van der Waals surface area contributed by atoms with Crippen LogP contribution < -0.4 is 10.2 Å². The first-order valence-corrected chi connectivity index (χ1v) is 9.76. The van der Waals surface area contributed by atoms with E-state index < -0.39 is 0 Å². The molecule has 5 heteroatoms. The first-order valence-electron chi connectivity index (χ1n) is 9.76. The zero-order chi connectivity index (χ0) is 19.1. The predicted octanol–water partition coefficient (Wildman–Crippen LogP) is 3.72. The molecule has 2 amide bonds. The molecule has 1 saturated heterocycles. The lowest BCUT2D eigenvalue weighted by Crippen LogP contribution is -2.28. The van der Waals surface area contributed by atoms with E-state index in [9.17, 15) is 9.59 Å². The maximum Gasteiger partial charge on any atom is 0.229 e. The van der Waals surface area contributed by atoms with E-state index in [0.29, 0.717) is 12.2 Å². The van der Waals surface area contributed by atoms with Crippen LogP contribution in [0.3, 0.4) is 0 Å². The van der Waals surface area contributed by atoms with Gasteiger partial charge in [0, 0.05) is 30.2 Å². The Hall–Kier alpha value is -3.21. The summed E-state index contributed by atoms with van der Waals surface area (Å²) in [5, 5.41) is 3.96. The van der Waals surface area contributed by atoms with E-state index in [1.165, 1.54) is 17.5 Å². The number of aryl methyl sites for hydroxylation is 2. The van der Waals surface area contributed by atoms with Crippen LogP contribution in [0.1, 0.15) is 24.0 Å². The van der Waals surface area contributed by atoms with Crippen LogP contribution in [0, 0.1) is 5.92 Å². The molecule has 5 rings (SSSR count). The highest BCUT2D eigenvalue weighted by molar-refractivity contribution is 6.06. The third kappa shape index (κ3) is 2.93. The summed E-state index contributed by atoms with van der Waals surface area (Å²) in [6, 6.07) is 15.8. The number of carbonyl (C=O) groups is 2. The number of carbonyl (C=O) groups excluding carboxylic acids is 2. The highest BCUT2D eigenvalue weighted by Gasteiger charge is 2.35. The second kappa shape index (κ2) is 6.75. The molecule has 5 nitrogen and oxygen atoms in total. The average molecular weight is 371 g/mol. The lowest BCUT2D eigenvalue weighted by atomic mass is 10.1. The Bertz CT molecular complexity index is 1090. The number of benzene rings is 2. The van der Waals surface area contributed by atoms with Crippen molar-refractivity contribution in [1.29, 1.82) is 0 Å². The fraction of sp³-hybridized carbons (Fsp3) is 0.261. The summed E-state index contributed by atoms with van der Waals surface area (Å²) in [4.78, 5) is 31.6. The number of nitrogens with one attached hydrogen (secondary N) is 1. The van der Waals surface area contributed by atoms with E-state index in [4.69, 9.17) is 0 Å². The smallest absolute Gasteiger partial charge is 0.229 e. The average Bonchev–Trinajstić information content (AvgIpc) is 3.34. The summed E-state index contributed by atoms with van der Waals surface area (Å²) in [5.41, 5.74) is 5.07. The van der Waals surface area contributed by atoms with Crippen molar-refractivity contribution in [2.75, 3.05) is 16.8 Å².